The first kappa shape index (κ1) is 35.7. The number of hydrogen-bond acceptors (Lipinski definition) is 7. The largest absolute Gasteiger partial charge is 0.480 e. The third kappa shape index (κ3) is 7.07. The summed E-state index contributed by atoms with van der Waals surface area (Å²) in [5.41, 5.74) is 3.51. The van der Waals surface area contributed by atoms with Crippen molar-refractivity contribution in [3.63, 3.8) is 0 Å². The fourth-order valence-electron chi connectivity index (χ4n) is 8.02. The molecule has 3 atom stereocenters. The van der Waals surface area contributed by atoms with Crippen molar-refractivity contribution in [2.45, 2.75) is 90.4 Å². The molecule has 2 aromatic heterocycles. The zero-order valence-electron chi connectivity index (χ0n) is 30.5. The van der Waals surface area contributed by atoms with E-state index >= 15 is 0 Å². The Balaban J connectivity index is 1.17. The fourth-order valence-corrected chi connectivity index (χ4v) is 8.02. The molecule has 1 aliphatic carbocycles. The minimum Gasteiger partial charge on any atom is -0.480 e. The van der Waals surface area contributed by atoms with Crippen LogP contribution < -0.4 is 5.32 Å². The molecular weight excluding hydrogens is 668 g/mol. The molecule has 2 fully saturated rings. The summed E-state index contributed by atoms with van der Waals surface area (Å²) in [6, 6.07) is 22.1. The first-order chi connectivity index (χ1) is 25.4. The van der Waals surface area contributed by atoms with Crippen molar-refractivity contribution in [1.82, 2.24) is 30.0 Å². The molecule has 272 valence electrons. The topological polar surface area (TPSA) is 147 Å². The lowest BCUT2D eigenvalue weighted by molar-refractivity contribution is -0.150. The summed E-state index contributed by atoms with van der Waals surface area (Å²) in [5.74, 6) is -1.46. The highest BCUT2D eigenvalue weighted by molar-refractivity contribution is 6.07. The number of rotatable bonds is 13. The zero-order valence-corrected chi connectivity index (χ0v) is 30.5. The lowest BCUT2D eigenvalue weighted by Crippen LogP contribution is -2.60. The molecular formula is C42H44N6O5. The van der Waals surface area contributed by atoms with Crippen LogP contribution in [0.2, 0.25) is 0 Å². The highest BCUT2D eigenvalue weighted by atomic mass is 16.4. The predicted octanol–water partition coefficient (Wildman–Crippen LogP) is 5.90. The van der Waals surface area contributed by atoms with Gasteiger partial charge in [0.1, 0.15) is 29.6 Å². The van der Waals surface area contributed by atoms with Crippen molar-refractivity contribution in [1.29, 1.82) is 0 Å². The van der Waals surface area contributed by atoms with E-state index in [2.05, 4.69) is 27.3 Å². The molecule has 7 rings (SSSR count). The molecule has 1 saturated heterocycles. The second-order valence-corrected chi connectivity index (χ2v) is 15.0. The lowest BCUT2D eigenvalue weighted by Gasteiger charge is -2.34. The van der Waals surface area contributed by atoms with Gasteiger partial charge in [-0.1, -0.05) is 67.6 Å². The summed E-state index contributed by atoms with van der Waals surface area (Å²) in [7, 11) is 0. The molecule has 0 spiro atoms. The molecule has 5 aromatic rings. The van der Waals surface area contributed by atoms with E-state index in [1.807, 2.05) is 86.6 Å². The van der Waals surface area contributed by atoms with E-state index in [-0.39, 0.29) is 48.2 Å². The van der Waals surface area contributed by atoms with Gasteiger partial charge in [0.05, 0.1) is 5.52 Å². The summed E-state index contributed by atoms with van der Waals surface area (Å²) in [6.07, 6.45) is 5.95. The number of hydrogen-bond donors (Lipinski definition) is 2. The lowest BCUT2D eigenvalue weighted by atomic mass is 9.84. The van der Waals surface area contributed by atoms with Crippen LogP contribution in [0.5, 0.6) is 0 Å². The van der Waals surface area contributed by atoms with E-state index in [0.717, 1.165) is 34.2 Å². The van der Waals surface area contributed by atoms with Gasteiger partial charge in [0.2, 0.25) is 11.8 Å². The van der Waals surface area contributed by atoms with Crippen LogP contribution in [-0.2, 0) is 33.8 Å². The summed E-state index contributed by atoms with van der Waals surface area (Å²) in [5, 5.41) is 19.0. The number of carbonyl (C=O) groups is 4. The number of carboxylic acid groups (broad SMARTS) is 1. The summed E-state index contributed by atoms with van der Waals surface area (Å²) in [6.45, 7) is 7.06. The van der Waals surface area contributed by atoms with Gasteiger partial charge in [-0.25, -0.2) is 14.8 Å². The first-order valence-corrected chi connectivity index (χ1v) is 18.1. The molecule has 3 aromatic carbocycles. The quantitative estimate of drug-likeness (QED) is 0.144. The molecule has 53 heavy (non-hydrogen) atoms. The van der Waals surface area contributed by atoms with Crippen LogP contribution in [-0.4, -0.2) is 70.9 Å². The van der Waals surface area contributed by atoms with Gasteiger partial charge in [-0.3, -0.25) is 19.1 Å². The number of nitrogens with zero attached hydrogens (tertiary/aromatic N) is 5. The van der Waals surface area contributed by atoms with Gasteiger partial charge in [0.25, 0.3) is 0 Å². The summed E-state index contributed by atoms with van der Waals surface area (Å²) >= 11 is 0. The van der Waals surface area contributed by atoms with Gasteiger partial charge in [-0.15, -0.1) is 0 Å². The molecule has 2 N–H and O–H groups in total. The van der Waals surface area contributed by atoms with Crippen molar-refractivity contribution < 1.29 is 24.3 Å². The molecule has 1 saturated carbocycles. The van der Waals surface area contributed by atoms with Crippen LogP contribution in [0.1, 0.15) is 72.5 Å². The van der Waals surface area contributed by atoms with Gasteiger partial charge in [0, 0.05) is 36.3 Å². The van der Waals surface area contributed by atoms with E-state index in [0.29, 0.717) is 36.0 Å². The maximum Gasteiger partial charge on any atom is 0.329 e. The summed E-state index contributed by atoms with van der Waals surface area (Å²) < 4.78 is 1.56. The fraction of sp³-hybridized carbons (Fsp3) is 0.357. The van der Waals surface area contributed by atoms with Crippen molar-refractivity contribution in [2.24, 2.45) is 5.41 Å². The number of likely N-dealkylation sites (tertiary alicyclic amines) is 1. The SMILES string of the molecule is CC(=O)c1nn(CC(=O)N2[C@H](C(=O)NC(CCc3ccccc3)(CCc3ccccc3)C(=O)O)C[C@@]3(C)C[C@@H]23)c2c(C)cc(-c3cnc(C)nc3)cc12. The number of carboxylic acids is 1. The Hall–Kier alpha value is -5.71. The predicted molar refractivity (Wildman–Crippen MR) is 200 cm³/mol. The molecule has 2 aliphatic rings. The second kappa shape index (κ2) is 14.0. The Morgan fingerprint density at radius 2 is 1.49 bits per heavy atom. The van der Waals surface area contributed by atoms with E-state index in [9.17, 15) is 24.3 Å². The van der Waals surface area contributed by atoms with E-state index in [1.54, 1.807) is 22.0 Å². The Morgan fingerprint density at radius 3 is 2.06 bits per heavy atom. The Labute approximate surface area is 308 Å². The van der Waals surface area contributed by atoms with Crippen LogP contribution in [0.3, 0.4) is 0 Å². The van der Waals surface area contributed by atoms with Gasteiger partial charge in [0.15, 0.2) is 5.78 Å². The number of nitrogens with one attached hydrogen (secondary N) is 1. The van der Waals surface area contributed by atoms with E-state index in [4.69, 9.17) is 0 Å². The Bertz CT molecular complexity index is 2160. The van der Waals surface area contributed by atoms with Crippen LogP contribution in [0, 0.1) is 19.3 Å². The number of aromatic nitrogens is 4. The number of benzene rings is 3. The molecule has 1 aliphatic heterocycles. The van der Waals surface area contributed by atoms with Gasteiger partial charge in [-0.2, -0.15) is 5.10 Å². The molecule has 11 heteroatoms. The van der Waals surface area contributed by atoms with Gasteiger partial charge >= 0.3 is 5.97 Å². The number of fused-ring (bicyclic) bond motifs is 2. The van der Waals surface area contributed by atoms with Gasteiger partial charge in [-0.05, 0) is 92.2 Å². The minimum atomic E-state index is -1.56. The summed E-state index contributed by atoms with van der Waals surface area (Å²) in [4.78, 5) is 65.0. The number of ketones is 1. The highest BCUT2D eigenvalue weighted by Crippen LogP contribution is 2.59. The molecule has 0 radical (unpaired) electrons. The molecule has 2 amide bonds. The number of aliphatic carboxylic acids is 1. The van der Waals surface area contributed by atoms with Gasteiger partial charge < -0.3 is 15.3 Å². The standard InChI is InChI=1S/C42H44N6O5/c1-26-19-31(32-23-43-28(3)44-24-32)20-33-37(27(2)49)46-47(38(26)33)25-36(50)48-34(21-41(4)22-35(41)48)39(51)45-42(40(52)53,17-15-29-11-7-5-8-12-29)18-16-30-13-9-6-10-14-30/h5-14,19-20,23-24,34-35H,15-18,21-22,25H2,1-4H3,(H,45,51)(H,52,53)/t34-,35+,41-/m0/s1. The van der Waals surface area contributed by atoms with Crippen LogP contribution >= 0.6 is 0 Å². The third-order valence-corrected chi connectivity index (χ3v) is 11.1. The van der Waals surface area contributed by atoms with Crippen molar-refractivity contribution in [2.75, 3.05) is 0 Å². The number of Topliss-reactive ketones (excluding diaryl/α,β-unsaturated/α-hetero) is 1. The zero-order chi connectivity index (χ0) is 37.5. The third-order valence-electron chi connectivity index (χ3n) is 11.1. The number of carbonyl (C=O) groups excluding carboxylic acids is 3. The Kier molecular flexibility index (Phi) is 9.44. The molecule has 3 heterocycles. The van der Waals surface area contributed by atoms with Crippen LogP contribution in [0.15, 0.2) is 85.2 Å². The molecule has 0 bridgehead atoms. The Morgan fingerprint density at radius 1 is 0.887 bits per heavy atom. The van der Waals surface area contributed by atoms with E-state index in [1.165, 1.54) is 6.92 Å². The van der Waals surface area contributed by atoms with Crippen LogP contribution in [0.25, 0.3) is 22.0 Å². The average Bonchev–Trinajstić information content (AvgIpc) is 3.49. The van der Waals surface area contributed by atoms with Crippen molar-refractivity contribution >= 4 is 34.5 Å². The van der Waals surface area contributed by atoms with Crippen LogP contribution in [0.4, 0.5) is 0 Å². The number of aryl methyl sites for hydroxylation is 4. The number of amides is 2. The number of piperidine rings is 1. The van der Waals surface area contributed by atoms with Crippen molar-refractivity contribution in [3.05, 3.63) is 113 Å². The smallest absolute Gasteiger partial charge is 0.329 e. The normalized spacial score (nSPS) is 19.2. The average molecular weight is 713 g/mol. The molecule has 11 nitrogen and oxygen atoms in total. The molecule has 0 unspecified atom stereocenters. The monoisotopic (exact) mass is 712 g/mol. The minimum absolute atomic E-state index is 0.151. The maximum atomic E-state index is 14.4. The highest BCUT2D eigenvalue weighted by Gasteiger charge is 2.64. The van der Waals surface area contributed by atoms with Crippen molar-refractivity contribution in [3.8, 4) is 11.1 Å². The maximum absolute atomic E-state index is 14.4. The first-order valence-electron chi connectivity index (χ1n) is 18.1. The van der Waals surface area contributed by atoms with E-state index < -0.39 is 23.5 Å². The second-order valence-electron chi connectivity index (χ2n) is 15.0.